The second kappa shape index (κ2) is 7.76. The molecular weight excluding hydrogens is 425 g/mol. The SMILES string of the molecule is CC(=O)NN1c2cc(Cl)cc(Cl)c2[C@H](c2ccc(O)c([N+](=O)[O-])c2)C[C@H]1C(=O)O. The maximum absolute atomic E-state index is 11.9. The van der Waals surface area contributed by atoms with Crippen molar-refractivity contribution >= 4 is 46.5 Å². The third-order valence-electron chi connectivity index (χ3n) is 4.61. The summed E-state index contributed by atoms with van der Waals surface area (Å²) < 4.78 is 0. The number of hydrazine groups is 1. The van der Waals surface area contributed by atoms with Crippen LogP contribution >= 0.6 is 23.2 Å². The molecule has 0 bridgehead atoms. The lowest BCUT2D eigenvalue weighted by Crippen LogP contribution is -2.54. The van der Waals surface area contributed by atoms with Crippen molar-refractivity contribution in [3.63, 3.8) is 0 Å². The van der Waals surface area contributed by atoms with E-state index in [4.69, 9.17) is 23.2 Å². The van der Waals surface area contributed by atoms with E-state index in [1.807, 2.05) is 0 Å². The first-order valence-corrected chi connectivity index (χ1v) is 9.11. The number of phenols is 1. The van der Waals surface area contributed by atoms with Gasteiger partial charge in [0.2, 0.25) is 5.91 Å². The van der Waals surface area contributed by atoms with Crippen molar-refractivity contribution in [2.75, 3.05) is 5.01 Å². The number of carboxylic acid groups (broad SMARTS) is 1. The molecule has 1 heterocycles. The predicted octanol–water partition coefficient (Wildman–Crippen LogP) is 3.45. The van der Waals surface area contributed by atoms with E-state index in [2.05, 4.69) is 5.43 Å². The van der Waals surface area contributed by atoms with Crippen molar-refractivity contribution in [3.05, 3.63) is 61.6 Å². The molecule has 2 aromatic carbocycles. The molecule has 1 aliphatic rings. The summed E-state index contributed by atoms with van der Waals surface area (Å²) in [6, 6.07) is 5.58. The van der Waals surface area contributed by atoms with Gasteiger partial charge in [-0.05, 0) is 30.2 Å². The Morgan fingerprint density at radius 2 is 1.97 bits per heavy atom. The molecule has 11 heteroatoms. The van der Waals surface area contributed by atoms with Crippen molar-refractivity contribution in [2.24, 2.45) is 0 Å². The maximum atomic E-state index is 11.9. The second-order valence-electron chi connectivity index (χ2n) is 6.51. The Labute approximate surface area is 174 Å². The topological polar surface area (TPSA) is 133 Å². The molecule has 0 saturated carbocycles. The van der Waals surface area contributed by atoms with Crippen molar-refractivity contribution in [1.82, 2.24) is 5.43 Å². The highest BCUT2D eigenvalue weighted by Gasteiger charge is 2.40. The number of aliphatic carboxylic acids is 1. The Morgan fingerprint density at radius 1 is 1.28 bits per heavy atom. The lowest BCUT2D eigenvalue weighted by atomic mass is 9.81. The number of anilines is 1. The summed E-state index contributed by atoms with van der Waals surface area (Å²) in [6.45, 7) is 1.24. The molecule has 9 nitrogen and oxygen atoms in total. The van der Waals surface area contributed by atoms with Gasteiger partial charge in [-0.3, -0.25) is 25.3 Å². The number of phenolic OH excluding ortho intramolecular Hbond substituents is 1. The average molecular weight is 440 g/mol. The molecule has 0 unspecified atom stereocenters. The van der Waals surface area contributed by atoms with Crippen LogP contribution in [0.3, 0.4) is 0 Å². The number of benzene rings is 2. The molecule has 29 heavy (non-hydrogen) atoms. The van der Waals surface area contributed by atoms with Crippen molar-refractivity contribution in [3.8, 4) is 5.75 Å². The minimum Gasteiger partial charge on any atom is -0.502 e. The van der Waals surface area contributed by atoms with Crippen LogP contribution in [0.2, 0.25) is 10.0 Å². The van der Waals surface area contributed by atoms with Crippen LogP contribution in [-0.2, 0) is 9.59 Å². The Bertz CT molecular complexity index is 1030. The monoisotopic (exact) mass is 439 g/mol. The first-order valence-electron chi connectivity index (χ1n) is 8.35. The molecule has 2 atom stereocenters. The number of hydrogen-bond acceptors (Lipinski definition) is 6. The number of halogens is 2. The first-order chi connectivity index (χ1) is 13.6. The highest BCUT2D eigenvalue weighted by Crippen LogP contribution is 2.47. The van der Waals surface area contributed by atoms with Gasteiger partial charge in [-0.25, -0.2) is 4.79 Å². The summed E-state index contributed by atoms with van der Waals surface area (Å²) in [5.41, 5.74) is 3.11. The molecule has 2 aromatic rings. The molecule has 0 radical (unpaired) electrons. The third kappa shape index (κ3) is 3.92. The van der Waals surface area contributed by atoms with E-state index in [-0.39, 0.29) is 22.2 Å². The molecule has 0 fully saturated rings. The quantitative estimate of drug-likeness (QED) is 0.490. The first kappa shape index (κ1) is 20.7. The Balaban J connectivity index is 2.24. The molecule has 0 spiro atoms. The van der Waals surface area contributed by atoms with E-state index in [0.717, 1.165) is 0 Å². The molecule has 3 rings (SSSR count). The van der Waals surface area contributed by atoms with E-state index in [1.165, 1.54) is 42.3 Å². The van der Waals surface area contributed by atoms with Crippen molar-refractivity contribution in [1.29, 1.82) is 0 Å². The predicted molar refractivity (Wildman–Crippen MR) is 105 cm³/mol. The summed E-state index contributed by atoms with van der Waals surface area (Å²) in [6.07, 6.45) is -0.0358. The van der Waals surface area contributed by atoms with E-state index >= 15 is 0 Å². The van der Waals surface area contributed by atoms with Gasteiger partial charge >= 0.3 is 11.7 Å². The smallest absolute Gasteiger partial charge is 0.328 e. The molecular formula is C18H15Cl2N3O6. The number of aromatic hydroxyl groups is 1. The van der Waals surface area contributed by atoms with Crippen LogP contribution < -0.4 is 10.4 Å². The standard InChI is InChI=1S/C18H15Cl2N3O6/c1-8(24)21-22-14-6-10(19)5-12(20)17(14)11(7-15(22)18(26)27)9-2-3-16(25)13(4-9)23(28)29/h2-6,11,15,25H,7H2,1H3,(H,21,24)(H,26,27)/t11-,15-/m0/s1. The van der Waals surface area contributed by atoms with Gasteiger partial charge in [0.05, 0.1) is 10.6 Å². The van der Waals surface area contributed by atoms with Gasteiger partial charge in [-0.1, -0.05) is 29.3 Å². The number of carboxylic acids is 1. The maximum Gasteiger partial charge on any atom is 0.328 e. The van der Waals surface area contributed by atoms with Gasteiger partial charge in [0.25, 0.3) is 0 Å². The molecule has 152 valence electrons. The zero-order chi connectivity index (χ0) is 21.5. The van der Waals surface area contributed by atoms with E-state index < -0.39 is 40.2 Å². The van der Waals surface area contributed by atoms with Crippen molar-refractivity contribution < 1.29 is 24.7 Å². The van der Waals surface area contributed by atoms with Gasteiger partial charge in [-0.15, -0.1) is 0 Å². The lowest BCUT2D eigenvalue weighted by molar-refractivity contribution is -0.385. The zero-order valence-corrected chi connectivity index (χ0v) is 16.4. The van der Waals surface area contributed by atoms with Crippen molar-refractivity contribution in [2.45, 2.75) is 25.3 Å². The van der Waals surface area contributed by atoms with Gasteiger partial charge in [0, 0.05) is 34.5 Å². The van der Waals surface area contributed by atoms with Crippen LogP contribution in [0.5, 0.6) is 5.75 Å². The third-order valence-corrected chi connectivity index (χ3v) is 5.14. The van der Waals surface area contributed by atoms with Gasteiger partial charge < -0.3 is 10.2 Å². The number of hydrogen-bond donors (Lipinski definition) is 3. The number of nitro groups is 1. The molecule has 1 aliphatic heterocycles. The number of carbonyl (C=O) groups is 2. The number of carbonyl (C=O) groups excluding carboxylic acids is 1. The van der Waals surface area contributed by atoms with Gasteiger partial charge in [0.15, 0.2) is 5.75 Å². The van der Waals surface area contributed by atoms with Crippen LogP contribution in [0.15, 0.2) is 30.3 Å². The fourth-order valence-electron chi connectivity index (χ4n) is 3.46. The Kier molecular flexibility index (Phi) is 5.54. The minimum absolute atomic E-state index is 0.0358. The molecule has 0 aliphatic carbocycles. The fourth-order valence-corrected chi connectivity index (χ4v) is 4.07. The zero-order valence-electron chi connectivity index (χ0n) is 14.9. The van der Waals surface area contributed by atoms with Crippen LogP contribution in [0.1, 0.15) is 30.4 Å². The number of rotatable bonds is 4. The highest BCUT2D eigenvalue weighted by atomic mass is 35.5. The average Bonchev–Trinajstić information content (AvgIpc) is 2.61. The molecule has 0 aromatic heterocycles. The van der Waals surface area contributed by atoms with Crippen LogP contribution in [0, 0.1) is 10.1 Å². The van der Waals surface area contributed by atoms with Crippen LogP contribution in [0.25, 0.3) is 0 Å². The van der Waals surface area contributed by atoms with Crippen LogP contribution in [0.4, 0.5) is 11.4 Å². The molecule has 0 saturated heterocycles. The Hall–Kier alpha value is -3.04. The number of nitrogens with one attached hydrogen (secondary N) is 1. The summed E-state index contributed by atoms with van der Waals surface area (Å²) in [7, 11) is 0. The molecule has 3 N–H and O–H groups in total. The summed E-state index contributed by atoms with van der Waals surface area (Å²) in [4.78, 5) is 34.1. The van der Waals surface area contributed by atoms with Gasteiger partial charge in [0.1, 0.15) is 6.04 Å². The van der Waals surface area contributed by atoms with E-state index in [1.54, 1.807) is 0 Å². The summed E-state index contributed by atoms with van der Waals surface area (Å²) in [5, 5.41) is 32.3. The fraction of sp³-hybridized carbons (Fsp3) is 0.222. The Morgan fingerprint density at radius 3 is 2.55 bits per heavy atom. The van der Waals surface area contributed by atoms with Crippen LogP contribution in [-0.4, -0.2) is 33.1 Å². The van der Waals surface area contributed by atoms with E-state index in [0.29, 0.717) is 11.1 Å². The second-order valence-corrected chi connectivity index (χ2v) is 7.35. The number of amides is 1. The molecule has 1 amide bonds. The van der Waals surface area contributed by atoms with Gasteiger partial charge in [-0.2, -0.15) is 0 Å². The number of nitrogens with zero attached hydrogens (tertiary/aromatic N) is 2. The number of fused-ring (bicyclic) bond motifs is 1. The summed E-state index contributed by atoms with van der Waals surface area (Å²) >= 11 is 12.5. The summed E-state index contributed by atoms with van der Waals surface area (Å²) in [5.74, 6) is -2.86. The largest absolute Gasteiger partial charge is 0.502 e. The number of nitro benzene ring substituents is 1. The lowest BCUT2D eigenvalue weighted by Gasteiger charge is -2.40. The van der Waals surface area contributed by atoms with E-state index in [9.17, 15) is 29.9 Å². The highest BCUT2D eigenvalue weighted by molar-refractivity contribution is 6.35. The minimum atomic E-state index is -1.21. The normalized spacial score (nSPS) is 18.1.